The summed E-state index contributed by atoms with van der Waals surface area (Å²) in [6, 6.07) is -0.420. The molecule has 0 unspecified atom stereocenters. The van der Waals surface area contributed by atoms with Crippen LogP contribution in [0.3, 0.4) is 0 Å². The number of fused-ring (bicyclic) bond motifs is 1. The van der Waals surface area contributed by atoms with Gasteiger partial charge in [0.2, 0.25) is 0 Å². The maximum absolute atomic E-state index is 10.4. The van der Waals surface area contributed by atoms with Crippen LogP contribution >= 0.6 is 11.8 Å². The molecule has 1 fully saturated rings. The van der Waals surface area contributed by atoms with E-state index in [9.17, 15) is 10.2 Å². The Labute approximate surface area is 144 Å². The van der Waals surface area contributed by atoms with Gasteiger partial charge < -0.3 is 24.3 Å². The molecule has 0 aliphatic carbocycles. The lowest BCUT2D eigenvalue weighted by atomic mass is 9.99. The van der Waals surface area contributed by atoms with Gasteiger partial charge in [-0.1, -0.05) is 32.5 Å². The molecule has 134 valence electrons. The van der Waals surface area contributed by atoms with Gasteiger partial charge in [-0.15, -0.1) is 0 Å². The zero-order valence-electron chi connectivity index (χ0n) is 15.1. The lowest BCUT2D eigenvalue weighted by Gasteiger charge is -2.41. The summed E-state index contributed by atoms with van der Waals surface area (Å²) in [6.45, 7) is 11.2. The van der Waals surface area contributed by atoms with Crippen LogP contribution in [-0.2, 0) is 9.16 Å². The van der Waals surface area contributed by atoms with E-state index in [0.717, 1.165) is 5.17 Å². The van der Waals surface area contributed by atoms with Gasteiger partial charge in [-0.05, 0) is 18.1 Å². The Morgan fingerprint density at radius 1 is 1.26 bits per heavy atom. The lowest BCUT2D eigenvalue weighted by molar-refractivity contribution is -0.162. The molecule has 2 heterocycles. The molecule has 0 bridgehead atoms. The first-order valence-corrected chi connectivity index (χ1v) is 11.8. The SMILES string of the molecule is CN(C)C1=N[C@@H]2[C@@H](O)[C@H](O)[C@@H](CO[Si](C)(C)C(C)(C)C)O[C@@H]2S1. The summed E-state index contributed by atoms with van der Waals surface area (Å²) >= 11 is 1.49. The number of hydrogen-bond acceptors (Lipinski definition) is 7. The maximum atomic E-state index is 10.4. The van der Waals surface area contributed by atoms with Crippen LogP contribution in [0.2, 0.25) is 18.1 Å². The van der Waals surface area contributed by atoms with Crippen LogP contribution < -0.4 is 0 Å². The number of nitrogens with zero attached hydrogens (tertiary/aromatic N) is 2. The Hall–Kier alpha value is -0.123. The Kier molecular flexibility index (Phi) is 5.55. The first kappa shape index (κ1) is 19.2. The molecule has 0 radical (unpaired) electrons. The normalized spacial score (nSPS) is 35.0. The summed E-state index contributed by atoms with van der Waals surface area (Å²) < 4.78 is 12.2. The second kappa shape index (κ2) is 6.65. The van der Waals surface area contributed by atoms with Crippen molar-refractivity contribution in [2.24, 2.45) is 4.99 Å². The fraction of sp³-hybridized carbons (Fsp3) is 0.933. The number of amidine groups is 1. The Balaban J connectivity index is 2.02. The van der Waals surface area contributed by atoms with Crippen LogP contribution in [-0.4, -0.2) is 79.1 Å². The lowest BCUT2D eigenvalue weighted by Crippen LogP contribution is -2.57. The molecule has 0 saturated carbocycles. The highest BCUT2D eigenvalue weighted by Crippen LogP contribution is 2.39. The van der Waals surface area contributed by atoms with E-state index in [1.165, 1.54) is 11.8 Å². The van der Waals surface area contributed by atoms with Gasteiger partial charge in [0.15, 0.2) is 13.5 Å². The van der Waals surface area contributed by atoms with Crippen molar-refractivity contribution < 1.29 is 19.4 Å². The Morgan fingerprint density at radius 2 is 1.87 bits per heavy atom. The number of hydrogen-bond donors (Lipinski definition) is 2. The summed E-state index contributed by atoms with van der Waals surface area (Å²) in [7, 11) is 1.89. The Bertz CT molecular complexity index is 467. The molecule has 0 spiro atoms. The second-order valence-corrected chi connectivity index (χ2v) is 13.9. The largest absolute Gasteiger partial charge is 0.414 e. The van der Waals surface area contributed by atoms with Gasteiger partial charge in [0.25, 0.3) is 0 Å². The van der Waals surface area contributed by atoms with Gasteiger partial charge in [-0.25, -0.2) is 0 Å². The van der Waals surface area contributed by atoms with Gasteiger partial charge in [-0.2, -0.15) is 0 Å². The van der Waals surface area contributed by atoms with Gasteiger partial charge in [-0.3, -0.25) is 4.99 Å². The van der Waals surface area contributed by atoms with Gasteiger partial charge >= 0.3 is 0 Å². The molecule has 6 nitrogen and oxygen atoms in total. The third kappa shape index (κ3) is 3.93. The summed E-state index contributed by atoms with van der Waals surface area (Å²) in [5, 5.41) is 21.7. The van der Waals surface area contributed by atoms with Crippen molar-refractivity contribution in [2.45, 2.75) is 68.7 Å². The van der Waals surface area contributed by atoms with Crippen LogP contribution in [0.1, 0.15) is 20.8 Å². The van der Waals surface area contributed by atoms with Crippen LogP contribution in [0.15, 0.2) is 4.99 Å². The van der Waals surface area contributed by atoms with Crippen molar-refractivity contribution in [1.82, 2.24) is 4.90 Å². The van der Waals surface area contributed by atoms with Crippen molar-refractivity contribution in [3.63, 3.8) is 0 Å². The van der Waals surface area contributed by atoms with Crippen molar-refractivity contribution in [3.05, 3.63) is 0 Å². The topological polar surface area (TPSA) is 74.5 Å². The number of aliphatic hydroxyl groups is 2. The highest BCUT2D eigenvalue weighted by molar-refractivity contribution is 8.14. The van der Waals surface area contributed by atoms with Crippen LogP contribution in [0.4, 0.5) is 0 Å². The minimum absolute atomic E-state index is 0.0943. The minimum Gasteiger partial charge on any atom is -0.414 e. The maximum Gasteiger partial charge on any atom is 0.192 e. The number of aliphatic imine (C=N–C) groups is 1. The van der Waals surface area contributed by atoms with E-state index in [0.29, 0.717) is 6.61 Å². The fourth-order valence-electron chi connectivity index (χ4n) is 2.28. The quantitative estimate of drug-likeness (QED) is 0.741. The number of rotatable bonds is 3. The van der Waals surface area contributed by atoms with Crippen LogP contribution in [0.5, 0.6) is 0 Å². The van der Waals surface area contributed by atoms with Crippen LogP contribution in [0, 0.1) is 0 Å². The fourth-order valence-corrected chi connectivity index (χ4v) is 4.45. The van der Waals surface area contributed by atoms with Crippen LogP contribution in [0.25, 0.3) is 0 Å². The minimum atomic E-state index is -1.92. The smallest absolute Gasteiger partial charge is 0.192 e. The first-order chi connectivity index (χ1) is 10.4. The second-order valence-electron chi connectivity index (χ2n) is 8.01. The van der Waals surface area contributed by atoms with E-state index in [4.69, 9.17) is 9.16 Å². The van der Waals surface area contributed by atoms with E-state index in [2.05, 4.69) is 38.9 Å². The molecule has 0 aromatic rings. The molecule has 5 atom stereocenters. The number of aliphatic hydroxyl groups excluding tert-OH is 2. The summed E-state index contributed by atoms with van der Waals surface area (Å²) in [6.07, 6.45) is -2.43. The predicted octanol–water partition coefficient (Wildman–Crippen LogP) is 1.49. The summed E-state index contributed by atoms with van der Waals surface area (Å²) in [5.74, 6) is 0. The number of ether oxygens (including phenoxy) is 1. The molecule has 2 aliphatic heterocycles. The third-order valence-corrected chi connectivity index (χ3v) is 10.8. The molecule has 2 rings (SSSR count). The molecular weight excluding hydrogens is 332 g/mol. The monoisotopic (exact) mass is 362 g/mol. The van der Waals surface area contributed by atoms with Crippen molar-refractivity contribution >= 4 is 25.2 Å². The van der Waals surface area contributed by atoms with E-state index in [1.54, 1.807) is 0 Å². The number of thioether (sulfide) groups is 1. The Morgan fingerprint density at radius 3 is 2.39 bits per heavy atom. The van der Waals surface area contributed by atoms with Crippen molar-refractivity contribution in [3.8, 4) is 0 Å². The van der Waals surface area contributed by atoms with E-state index in [-0.39, 0.29) is 10.5 Å². The molecule has 0 amide bonds. The summed E-state index contributed by atoms with van der Waals surface area (Å²) in [4.78, 5) is 6.36. The molecule has 2 aliphatic rings. The zero-order chi connectivity index (χ0) is 17.6. The highest BCUT2D eigenvalue weighted by Gasteiger charge is 2.49. The molecule has 1 saturated heterocycles. The first-order valence-electron chi connectivity index (χ1n) is 8.01. The highest BCUT2D eigenvalue weighted by atomic mass is 32.2. The predicted molar refractivity (Wildman–Crippen MR) is 96.3 cm³/mol. The van der Waals surface area contributed by atoms with E-state index >= 15 is 0 Å². The van der Waals surface area contributed by atoms with Crippen molar-refractivity contribution in [1.29, 1.82) is 0 Å². The summed E-state index contributed by atoms with van der Waals surface area (Å²) in [5.41, 5.74) is -0.265. The zero-order valence-corrected chi connectivity index (χ0v) is 16.9. The molecule has 2 N–H and O–H groups in total. The van der Waals surface area contributed by atoms with Gasteiger partial charge in [0, 0.05) is 14.1 Å². The third-order valence-electron chi connectivity index (χ3n) is 4.95. The standard InChI is InChI=1S/C15H30N2O4SSi/c1-15(2,3)23(6,7)20-8-9-11(18)12(19)10-13(21-9)22-14(16-10)17(4)5/h9-13,18-19H,8H2,1-7H3/t9-,10-,11-,12-,13-/m1/s1. The van der Waals surface area contributed by atoms with Crippen molar-refractivity contribution in [2.75, 3.05) is 20.7 Å². The molecule has 23 heavy (non-hydrogen) atoms. The van der Waals surface area contributed by atoms with Gasteiger partial charge in [0.1, 0.15) is 29.8 Å². The average Bonchev–Trinajstić information content (AvgIpc) is 2.84. The average molecular weight is 363 g/mol. The van der Waals surface area contributed by atoms with E-state index in [1.807, 2.05) is 19.0 Å². The molecular formula is C15H30N2O4SSi. The molecule has 0 aromatic heterocycles. The molecule has 0 aromatic carbocycles. The molecule has 8 heteroatoms. The van der Waals surface area contributed by atoms with E-state index < -0.39 is 32.7 Å². The van der Waals surface area contributed by atoms with Gasteiger partial charge in [0.05, 0.1) is 6.61 Å².